The first-order chi connectivity index (χ1) is 9.60. The number of hydrogen-bond acceptors (Lipinski definition) is 4. The van der Waals surface area contributed by atoms with Crippen LogP contribution in [0.5, 0.6) is 0 Å². The molecule has 0 radical (unpaired) electrons. The minimum absolute atomic E-state index is 0.137. The Morgan fingerprint density at radius 2 is 2.40 bits per heavy atom. The Labute approximate surface area is 122 Å². The van der Waals surface area contributed by atoms with Crippen molar-refractivity contribution in [2.45, 2.75) is 26.9 Å². The van der Waals surface area contributed by atoms with Gasteiger partial charge in [0.05, 0.1) is 18.4 Å². The smallest absolute Gasteiger partial charge is 0.250 e. The van der Waals surface area contributed by atoms with Crippen molar-refractivity contribution in [3.63, 3.8) is 0 Å². The SMILES string of the molecule is C=CC(=O)N(Cc1ccns1)c1cnn(CC(C)C)c1. The van der Waals surface area contributed by atoms with Crippen LogP contribution in [0.15, 0.2) is 37.3 Å². The fourth-order valence-electron chi connectivity index (χ4n) is 1.85. The first-order valence-electron chi connectivity index (χ1n) is 6.46. The molecule has 0 aromatic carbocycles. The molecule has 0 N–H and O–H groups in total. The van der Waals surface area contributed by atoms with Gasteiger partial charge in [0.1, 0.15) is 0 Å². The van der Waals surface area contributed by atoms with Gasteiger partial charge < -0.3 is 4.90 Å². The molecule has 0 spiro atoms. The quantitative estimate of drug-likeness (QED) is 0.769. The summed E-state index contributed by atoms with van der Waals surface area (Å²) in [4.78, 5) is 14.7. The van der Waals surface area contributed by atoms with Gasteiger partial charge in [-0.3, -0.25) is 9.48 Å². The van der Waals surface area contributed by atoms with Crippen LogP contribution in [0.1, 0.15) is 18.7 Å². The van der Waals surface area contributed by atoms with E-state index in [0.717, 1.165) is 17.1 Å². The Morgan fingerprint density at radius 1 is 1.60 bits per heavy atom. The van der Waals surface area contributed by atoms with Crippen molar-refractivity contribution in [2.24, 2.45) is 5.92 Å². The molecule has 0 bridgehead atoms. The van der Waals surface area contributed by atoms with Gasteiger partial charge >= 0.3 is 0 Å². The summed E-state index contributed by atoms with van der Waals surface area (Å²) in [5.74, 6) is 0.371. The predicted molar refractivity (Wildman–Crippen MR) is 80.6 cm³/mol. The highest BCUT2D eigenvalue weighted by Crippen LogP contribution is 2.19. The van der Waals surface area contributed by atoms with Gasteiger partial charge in [0, 0.05) is 23.8 Å². The van der Waals surface area contributed by atoms with Gasteiger partial charge in [-0.25, -0.2) is 4.37 Å². The Morgan fingerprint density at radius 3 is 3.00 bits per heavy atom. The van der Waals surface area contributed by atoms with E-state index in [2.05, 4.69) is 29.9 Å². The molecule has 2 rings (SSSR count). The van der Waals surface area contributed by atoms with E-state index in [0.29, 0.717) is 12.5 Å². The molecule has 2 aromatic rings. The number of rotatable bonds is 6. The number of amides is 1. The second-order valence-corrected chi connectivity index (χ2v) is 5.84. The van der Waals surface area contributed by atoms with E-state index in [-0.39, 0.29) is 5.91 Å². The second-order valence-electron chi connectivity index (χ2n) is 4.92. The van der Waals surface area contributed by atoms with Crippen molar-refractivity contribution in [1.82, 2.24) is 14.2 Å². The van der Waals surface area contributed by atoms with Crippen LogP contribution in [0.2, 0.25) is 0 Å². The molecule has 0 saturated carbocycles. The average Bonchev–Trinajstić information content (AvgIpc) is 3.05. The molecule has 20 heavy (non-hydrogen) atoms. The van der Waals surface area contributed by atoms with Gasteiger partial charge in [-0.2, -0.15) is 5.10 Å². The summed E-state index contributed by atoms with van der Waals surface area (Å²) >= 11 is 1.39. The summed E-state index contributed by atoms with van der Waals surface area (Å²) in [5, 5.41) is 4.30. The van der Waals surface area contributed by atoms with Crippen LogP contribution in [-0.2, 0) is 17.9 Å². The normalized spacial score (nSPS) is 10.8. The molecule has 106 valence electrons. The average molecular weight is 290 g/mol. The third kappa shape index (κ3) is 3.54. The van der Waals surface area contributed by atoms with E-state index < -0.39 is 0 Å². The molecule has 2 heterocycles. The van der Waals surface area contributed by atoms with E-state index >= 15 is 0 Å². The predicted octanol–water partition coefficient (Wildman–Crippen LogP) is 2.71. The van der Waals surface area contributed by atoms with Gasteiger partial charge in [-0.15, -0.1) is 0 Å². The van der Waals surface area contributed by atoms with Crippen molar-refractivity contribution >= 4 is 23.1 Å². The van der Waals surface area contributed by atoms with E-state index in [4.69, 9.17) is 0 Å². The molecule has 0 aliphatic carbocycles. The molecular formula is C14H18N4OS. The monoisotopic (exact) mass is 290 g/mol. The maximum Gasteiger partial charge on any atom is 0.250 e. The molecule has 0 aliphatic rings. The first kappa shape index (κ1) is 14.5. The lowest BCUT2D eigenvalue weighted by Gasteiger charge is -2.18. The Balaban J connectivity index is 2.20. The van der Waals surface area contributed by atoms with Crippen molar-refractivity contribution in [3.05, 3.63) is 42.2 Å². The summed E-state index contributed by atoms with van der Waals surface area (Å²) in [5.41, 5.74) is 0.781. The van der Waals surface area contributed by atoms with Gasteiger partial charge in [0.2, 0.25) is 0 Å². The first-order valence-corrected chi connectivity index (χ1v) is 7.23. The molecule has 0 aliphatic heterocycles. The van der Waals surface area contributed by atoms with Gasteiger partial charge in [0.25, 0.3) is 5.91 Å². The lowest BCUT2D eigenvalue weighted by molar-refractivity contribution is -0.114. The second kappa shape index (κ2) is 6.47. The zero-order valence-corrected chi connectivity index (χ0v) is 12.5. The van der Waals surface area contributed by atoms with Crippen LogP contribution in [0.3, 0.4) is 0 Å². The highest BCUT2D eigenvalue weighted by molar-refractivity contribution is 7.05. The third-order valence-corrected chi connectivity index (χ3v) is 3.46. The Kier molecular flexibility index (Phi) is 4.68. The van der Waals surface area contributed by atoms with Crippen LogP contribution in [-0.4, -0.2) is 20.1 Å². The van der Waals surface area contributed by atoms with Gasteiger partial charge in [-0.1, -0.05) is 20.4 Å². The molecule has 2 aromatic heterocycles. The largest absolute Gasteiger partial charge is 0.301 e. The minimum atomic E-state index is -0.137. The topological polar surface area (TPSA) is 51.0 Å². The Bertz CT molecular complexity index is 574. The minimum Gasteiger partial charge on any atom is -0.301 e. The van der Waals surface area contributed by atoms with Crippen molar-refractivity contribution < 1.29 is 4.79 Å². The zero-order chi connectivity index (χ0) is 14.5. The van der Waals surface area contributed by atoms with E-state index in [9.17, 15) is 4.79 Å². The van der Waals surface area contributed by atoms with Crippen LogP contribution >= 0.6 is 11.5 Å². The van der Waals surface area contributed by atoms with Crippen molar-refractivity contribution in [3.8, 4) is 0 Å². The van der Waals surface area contributed by atoms with Crippen LogP contribution in [0.25, 0.3) is 0 Å². The highest BCUT2D eigenvalue weighted by Gasteiger charge is 2.16. The zero-order valence-electron chi connectivity index (χ0n) is 11.7. The number of carbonyl (C=O) groups excluding carboxylic acids is 1. The number of anilines is 1. The lowest BCUT2D eigenvalue weighted by atomic mass is 10.2. The van der Waals surface area contributed by atoms with Crippen LogP contribution in [0.4, 0.5) is 5.69 Å². The maximum absolute atomic E-state index is 12.0. The van der Waals surface area contributed by atoms with Crippen LogP contribution in [0, 0.1) is 5.92 Å². The fraction of sp³-hybridized carbons (Fsp3) is 0.357. The van der Waals surface area contributed by atoms with E-state index in [1.165, 1.54) is 17.6 Å². The number of nitrogens with zero attached hydrogens (tertiary/aromatic N) is 4. The molecule has 0 atom stereocenters. The number of carbonyl (C=O) groups is 1. The lowest BCUT2D eigenvalue weighted by Crippen LogP contribution is -2.27. The molecule has 0 fully saturated rings. The van der Waals surface area contributed by atoms with E-state index in [1.54, 1.807) is 17.3 Å². The number of hydrogen-bond donors (Lipinski definition) is 0. The summed E-state index contributed by atoms with van der Waals surface area (Å²) in [6.07, 6.45) is 6.66. The standard InChI is InChI=1S/C14H18N4OS/c1-4-14(19)18(10-13-5-6-16-20-13)12-7-15-17(9-12)8-11(2)3/h4-7,9,11H,1,8,10H2,2-3H3. The van der Waals surface area contributed by atoms with Gasteiger partial charge in [0.15, 0.2) is 0 Å². The fourth-order valence-corrected chi connectivity index (χ4v) is 2.42. The summed E-state index contributed by atoms with van der Waals surface area (Å²) in [6.45, 7) is 9.14. The Hall–Kier alpha value is -1.95. The van der Waals surface area contributed by atoms with Crippen molar-refractivity contribution in [2.75, 3.05) is 4.90 Å². The summed E-state index contributed by atoms with van der Waals surface area (Å²) < 4.78 is 5.91. The molecule has 0 saturated heterocycles. The summed E-state index contributed by atoms with van der Waals surface area (Å²) in [6, 6.07) is 1.91. The summed E-state index contributed by atoms with van der Waals surface area (Å²) in [7, 11) is 0. The molecule has 5 nitrogen and oxygen atoms in total. The molecule has 0 unspecified atom stereocenters. The van der Waals surface area contributed by atoms with Gasteiger partial charge in [-0.05, 0) is 29.6 Å². The molecule has 6 heteroatoms. The van der Waals surface area contributed by atoms with E-state index in [1.807, 2.05) is 16.9 Å². The maximum atomic E-state index is 12.0. The van der Waals surface area contributed by atoms with Crippen molar-refractivity contribution in [1.29, 1.82) is 0 Å². The molecular weight excluding hydrogens is 272 g/mol. The third-order valence-electron chi connectivity index (χ3n) is 2.73. The van der Waals surface area contributed by atoms with Crippen LogP contribution < -0.4 is 4.90 Å². The molecule has 1 amide bonds. The number of aromatic nitrogens is 3. The highest BCUT2D eigenvalue weighted by atomic mass is 32.1.